The van der Waals surface area contributed by atoms with Crippen LogP contribution < -0.4 is 10.0 Å². The molecule has 1 amide bonds. The summed E-state index contributed by atoms with van der Waals surface area (Å²) in [6.07, 6.45) is 1.68. The van der Waals surface area contributed by atoms with Crippen LogP contribution in [0.1, 0.15) is 12.8 Å². The van der Waals surface area contributed by atoms with E-state index in [-0.39, 0.29) is 6.04 Å². The Labute approximate surface area is 67.0 Å². The topological polar surface area (TPSA) is 78.4 Å². The maximum atomic E-state index is 10.9. The van der Waals surface area contributed by atoms with Crippen molar-refractivity contribution in [3.63, 3.8) is 0 Å². The fourth-order valence-corrected chi connectivity index (χ4v) is 1.38. The first kappa shape index (κ1) is 8.63. The minimum Gasteiger partial charge on any atom is -0.306 e. The normalized spacial score (nSPS) is 26.5. The van der Waals surface area contributed by atoms with Gasteiger partial charge in [0, 0.05) is 0 Å². The summed E-state index contributed by atoms with van der Waals surface area (Å²) in [7, 11) is 0. The van der Waals surface area contributed by atoms with Gasteiger partial charge in [-0.15, -0.1) is 0 Å². The number of hydrogen-bond donors (Lipinski definition) is 3. The average Bonchev–Trinajstić information content (AvgIpc) is 2.35. The van der Waals surface area contributed by atoms with Crippen molar-refractivity contribution in [3.05, 3.63) is 0 Å². The third-order valence-corrected chi connectivity index (χ3v) is 1.94. The van der Waals surface area contributed by atoms with Crippen molar-refractivity contribution in [2.24, 2.45) is 0 Å². The van der Waals surface area contributed by atoms with Crippen LogP contribution in [0.2, 0.25) is 0 Å². The van der Waals surface area contributed by atoms with Gasteiger partial charge in [-0.3, -0.25) is 14.1 Å². The lowest BCUT2D eigenvalue weighted by Gasteiger charge is -2.06. The SMILES string of the molecule is O=C(NS(=O)O)[C@H]1CCCN1. The highest BCUT2D eigenvalue weighted by Crippen LogP contribution is 2.04. The summed E-state index contributed by atoms with van der Waals surface area (Å²) in [4.78, 5) is 10.9. The molecule has 1 aliphatic rings. The average molecular weight is 178 g/mol. The maximum absolute atomic E-state index is 10.9. The number of hydrogen-bond acceptors (Lipinski definition) is 3. The molecular weight excluding hydrogens is 168 g/mol. The zero-order chi connectivity index (χ0) is 8.27. The fraction of sp³-hybridized carbons (Fsp3) is 0.800. The van der Waals surface area contributed by atoms with Crippen LogP contribution in [-0.2, 0) is 16.1 Å². The van der Waals surface area contributed by atoms with Crippen molar-refractivity contribution in [2.45, 2.75) is 18.9 Å². The molecule has 11 heavy (non-hydrogen) atoms. The Morgan fingerprint density at radius 1 is 1.73 bits per heavy atom. The number of carbonyl (C=O) groups is 1. The summed E-state index contributed by atoms with van der Waals surface area (Å²) in [5, 5.41) is 2.90. The third kappa shape index (κ3) is 2.57. The molecule has 0 bridgehead atoms. The first-order valence-corrected chi connectivity index (χ1v) is 4.45. The number of rotatable bonds is 2. The molecule has 64 valence electrons. The lowest BCUT2D eigenvalue weighted by Crippen LogP contribution is -2.40. The summed E-state index contributed by atoms with van der Waals surface area (Å²) < 4.78 is 20.3. The highest BCUT2D eigenvalue weighted by molar-refractivity contribution is 7.77. The molecule has 0 saturated carbocycles. The van der Waals surface area contributed by atoms with Gasteiger partial charge in [0.15, 0.2) is 0 Å². The lowest BCUT2D eigenvalue weighted by molar-refractivity contribution is -0.121. The molecule has 0 aromatic heterocycles. The van der Waals surface area contributed by atoms with E-state index in [0.717, 1.165) is 19.4 Å². The first-order chi connectivity index (χ1) is 5.20. The van der Waals surface area contributed by atoms with Crippen LogP contribution in [0.5, 0.6) is 0 Å². The molecular formula is C5H10N2O3S. The summed E-state index contributed by atoms with van der Waals surface area (Å²) in [5.74, 6) is -0.400. The molecule has 2 atom stereocenters. The monoisotopic (exact) mass is 178 g/mol. The van der Waals surface area contributed by atoms with E-state index in [1.807, 2.05) is 4.72 Å². The van der Waals surface area contributed by atoms with E-state index in [0.29, 0.717) is 0 Å². The zero-order valence-electron chi connectivity index (χ0n) is 5.87. The van der Waals surface area contributed by atoms with Gasteiger partial charge in [-0.2, -0.15) is 0 Å². The zero-order valence-corrected chi connectivity index (χ0v) is 6.69. The van der Waals surface area contributed by atoms with E-state index in [1.54, 1.807) is 0 Å². The van der Waals surface area contributed by atoms with Gasteiger partial charge in [0.25, 0.3) is 17.2 Å². The highest BCUT2D eigenvalue weighted by atomic mass is 32.2. The molecule has 1 aliphatic heterocycles. The molecule has 1 unspecified atom stereocenters. The first-order valence-electron chi connectivity index (χ1n) is 3.35. The Morgan fingerprint density at radius 3 is 2.91 bits per heavy atom. The van der Waals surface area contributed by atoms with E-state index in [1.165, 1.54) is 0 Å². The molecule has 0 aromatic carbocycles. The largest absolute Gasteiger partial charge is 0.306 e. The third-order valence-electron chi connectivity index (χ3n) is 1.56. The van der Waals surface area contributed by atoms with E-state index < -0.39 is 17.2 Å². The van der Waals surface area contributed by atoms with Crippen molar-refractivity contribution in [1.82, 2.24) is 10.0 Å². The Balaban J connectivity index is 2.34. The van der Waals surface area contributed by atoms with Gasteiger partial charge >= 0.3 is 0 Å². The molecule has 0 spiro atoms. The van der Waals surface area contributed by atoms with Crippen LogP contribution in [-0.4, -0.2) is 27.3 Å². The molecule has 3 N–H and O–H groups in total. The standard InChI is InChI=1S/C5H10N2O3S/c8-5(7-11(9)10)4-2-1-3-6-4/h4,6H,1-3H2,(H,7,8)(H,9,10)/t4-/m1/s1. The van der Waals surface area contributed by atoms with Crippen LogP contribution in [0, 0.1) is 0 Å². The van der Waals surface area contributed by atoms with Gasteiger partial charge < -0.3 is 5.32 Å². The summed E-state index contributed by atoms with van der Waals surface area (Å²) in [6.45, 7) is 0.802. The van der Waals surface area contributed by atoms with Crippen LogP contribution >= 0.6 is 0 Å². The minimum atomic E-state index is -2.23. The molecule has 0 aliphatic carbocycles. The van der Waals surface area contributed by atoms with Crippen LogP contribution in [0.4, 0.5) is 0 Å². The number of amides is 1. The smallest absolute Gasteiger partial charge is 0.261 e. The summed E-state index contributed by atoms with van der Waals surface area (Å²) in [5.41, 5.74) is 0. The van der Waals surface area contributed by atoms with Crippen molar-refractivity contribution in [2.75, 3.05) is 6.54 Å². The molecule has 1 saturated heterocycles. The quantitative estimate of drug-likeness (QED) is 0.473. The Bertz CT molecular complexity index is 179. The summed E-state index contributed by atoms with van der Waals surface area (Å²) >= 11 is -2.23. The molecule has 1 heterocycles. The molecule has 5 nitrogen and oxygen atoms in total. The molecule has 1 rings (SSSR count). The molecule has 0 radical (unpaired) electrons. The Morgan fingerprint density at radius 2 is 2.45 bits per heavy atom. The van der Waals surface area contributed by atoms with Gasteiger partial charge in [-0.05, 0) is 19.4 Å². The number of nitrogens with one attached hydrogen (secondary N) is 2. The van der Waals surface area contributed by atoms with Crippen molar-refractivity contribution in [3.8, 4) is 0 Å². The predicted molar refractivity (Wildman–Crippen MR) is 39.9 cm³/mol. The number of carbonyl (C=O) groups excluding carboxylic acids is 1. The second kappa shape index (κ2) is 3.80. The van der Waals surface area contributed by atoms with E-state index in [4.69, 9.17) is 4.55 Å². The minimum absolute atomic E-state index is 0.286. The van der Waals surface area contributed by atoms with Crippen molar-refractivity contribution < 1.29 is 13.6 Å². The van der Waals surface area contributed by atoms with E-state index in [9.17, 15) is 9.00 Å². The van der Waals surface area contributed by atoms with Gasteiger partial charge in [-0.25, -0.2) is 4.21 Å². The van der Waals surface area contributed by atoms with E-state index >= 15 is 0 Å². The van der Waals surface area contributed by atoms with Crippen LogP contribution in [0.25, 0.3) is 0 Å². The van der Waals surface area contributed by atoms with Gasteiger partial charge in [-0.1, -0.05) is 0 Å². The summed E-state index contributed by atoms with van der Waals surface area (Å²) in [6, 6.07) is -0.286. The van der Waals surface area contributed by atoms with Crippen molar-refractivity contribution in [1.29, 1.82) is 0 Å². The Kier molecular flexibility index (Phi) is 2.98. The van der Waals surface area contributed by atoms with Gasteiger partial charge in [0.2, 0.25) is 0 Å². The molecule has 1 fully saturated rings. The van der Waals surface area contributed by atoms with Crippen LogP contribution in [0.15, 0.2) is 0 Å². The van der Waals surface area contributed by atoms with Crippen LogP contribution in [0.3, 0.4) is 0 Å². The second-order valence-corrected chi connectivity index (χ2v) is 3.07. The lowest BCUT2D eigenvalue weighted by atomic mass is 10.2. The fourth-order valence-electron chi connectivity index (χ4n) is 1.07. The maximum Gasteiger partial charge on any atom is 0.261 e. The van der Waals surface area contributed by atoms with Gasteiger partial charge in [0.05, 0.1) is 6.04 Å². The Hall–Kier alpha value is -0.460. The molecule has 6 heteroatoms. The van der Waals surface area contributed by atoms with Gasteiger partial charge in [0.1, 0.15) is 0 Å². The molecule has 0 aromatic rings. The van der Waals surface area contributed by atoms with E-state index in [2.05, 4.69) is 5.32 Å². The predicted octanol–water partition coefficient (Wildman–Crippen LogP) is -1.01. The van der Waals surface area contributed by atoms with Crippen molar-refractivity contribution >= 4 is 17.2 Å². The second-order valence-electron chi connectivity index (χ2n) is 2.36. The highest BCUT2D eigenvalue weighted by Gasteiger charge is 2.22.